The van der Waals surface area contributed by atoms with Crippen molar-refractivity contribution < 1.29 is 0 Å². The molecule has 0 amide bonds. The zero-order valence-electron chi connectivity index (χ0n) is 14.8. The number of pyridine rings is 1. The maximum Gasteiger partial charge on any atom is 0.0491 e. The second kappa shape index (κ2) is 8.11. The second-order valence-corrected chi connectivity index (χ2v) is 7.42. The summed E-state index contributed by atoms with van der Waals surface area (Å²) in [5.41, 5.74) is 4.29. The first kappa shape index (κ1) is 18.9. The standard InChI is InChI=1S/C20H27N3.ClH/c1-20(2,3)18-8-6-16(7-9-18)15-23-12-11-22-14-19(23)17-5-4-10-21-13-17;/h4-10,13,19,22H,11-12,14-15H2,1-3H3;1H. The Kier molecular flexibility index (Phi) is 6.39. The van der Waals surface area contributed by atoms with Crippen molar-refractivity contribution in [2.75, 3.05) is 19.6 Å². The number of rotatable bonds is 3. The highest BCUT2D eigenvalue weighted by atomic mass is 35.5. The van der Waals surface area contributed by atoms with Gasteiger partial charge >= 0.3 is 0 Å². The van der Waals surface area contributed by atoms with E-state index in [-0.39, 0.29) is 17.8 Å². The van der Waals surface area contributed by atoms with Gasteiger partial charge in [-0.3, -0.25) is 9.88 Å². The molecule has 3 nitrogen and oxygen atoms in total. The summed E-state index contributed by atoms with van der Waals surface area (Å²) in [5, 5.41) is 3.51. The molecule has 1 aliphatic heterocycles. The monoisotopic (exact) mass is 345 g/mol. The van der Waals surface area contributed by atoms with Gasteiger partial charge in [0, 0.05) is 44.6 Å². The Balaban J connectivity index is 0.00000208. The number of halogens is 1. The average molecular weight is 346 g/mol. The molecule has 1 fully saturated rings. The number of aromatic nitrogens is 1. The fraction of sp³-hybridized carbons (Fsp3) is 0.450. The van der Waals surface area contributed by atoms with Crippen molar-refractivity contribution >= 4 is 12.4 Å². The molecule has 2 aromatic rings. The molecule has 1 N–H and O–H groups in total. The fourth-order valence-corrected chi connectivity index (χ4v) is 3.18. The summed E-state index contributed by atoms with van der Waals surface area (Å²) in [4.78, 5) is 6.84. The molecule has 1 saturated heterocycles. The van der Waals surface area contributed by atoms with Gasteiger partial charge in [-0.15, -0.1) is 12.4 Å². The number of hydrogen-bond donors (Lipinski definition) is 1. The normalized spacial score (nSPS) is 18.9. The lowest BCUT2D eigenvalue weighted by atomic mass is 9.86. The molecule has 130 valence electrons. The molecule has 0 aliphatic carbocycles. The van der Waals surface area contributed by atoms with Crippen molar-refractivity contribution in [1.29, 1.82) is 0 Å². The Bertz CT molecular complexity index is 620. The fourth-order valence-electron chi connectivity index (χ4n) is 3.18. The molecular weight excluding hydrogens is 318 g/mol. The Morgan fingerprint density at radius 3 is 2.54 bits per heavy atom. The number of nitrogens with zero attached hydrogens (tertiary/aromatic N) is 2. The van der Waals surface area contributed by atoms with Crippen LogP contribution in [0.3, 0.4) is 0 Å². The van der Waals surface area contributed by atoms with E-state index < -0.39 is 0 Å². The van der Waals surface area contributed by atoms with E-state index in [1.807, 2.05) is 18.5 Å². The predicted octanol–water partition coefficient (Wildman–Crippen LogP) is 3.95. The Hall–Kier alpha value is -1.42. The van der Waals surface area contributed by atoms with E-state index >= 15 is 0 Å². The molecule has 1 unspecified atom stereocenters. The summed E-state index contributed by atoms with van der Waals surface area (Å²) < 4.78 is 0. The summed E-state index contributed by atoms with van der Waals surface area (Å²) in [6.45, 7) is 10.9. The lowest BCUT2D eigenvalue weighted by Crippen LogP contribution is -2.45. The van der Waals surface area contributed by atoms with Gasteiger partial charge in [-0.2, -0.15) is 0 Å². The maximum absolute atomic E-state index is 4.29. The van der Waals surface area contributed by atoms with E-state index in [2.05, 4.69) is 66.3 Å². The number of piperazine rings is 1. The van der Waals surface area contributed by atoms with E-state index in [1.165, 1.54) is 16.7 Å². The van der Waals surface area contributed by atoms with Crippen molar-refractivity contribution in [3.8, 4) is 0 Å². The van der Waals surface area contributed by atoms with Crippen LogP contribution in [0, 0.1) is 0 Å². The van der Waals surface area contributed by atoms with Crippen LogP contribution in [-0.2, 0) is 12.0 Å². The highest BCUT2D eigenvalue weighted by Crippen LogP contribution is 2.25. The van der Waals surface area contributed by atoms with Crippen LogP contribution in [0.1, 0.15) is 43.5 Å². The molecule has 1 aromatic heterocycles. The topological polar surface area (TPSA) is 28.2 Å². The molecule has 1 atom stereocenters. The predicted molar refractivity (Wildman–Crippen MR) is 103 cm³/mol. The van der Waals surface area contributed by atoms with Crippen LogP contribution in [0.15, 0.2) is 48.8 Å². The van der Waals surface area contributed by atoms with Crippen molar-refractivity contribution in [3.63, 3.8) is 0 Å². The summed E-state index contributed by atoms with van der Waals surface area (Å²) >= 11 is 0. The molecule has 0 radical (unpaired) electrons. The van der Waals surface area contributed by atoms with E-state index in [0.29, 0.717) is 6.04 Å². The minimum Gasteiger partial charge on any atom is -0.314 e. The summed E-state index contributed by atoms with van der Waals surface area (Å²) in [5.74, 6) is 0. The molecule has 0 saturated carbocycles. The minimum atomic E-state index is 0. The lowest BCUT2D eigenvalue weighted by Gasteiger charge is -2.36. The van der Waals surface area contributed by atoms with Crippen molar-refractivity contribution in [2.24, 2.45) is 0 Å². The molecule has 0 spiro atoms. The van der Waals surface area contributed by atoms with Crippen LogP contribution in [0.4, 0.5) is 0 Å². The zero-order valence-corrected chi connectivity index (χ0v) is 15.6. The van der Waals surface area contributed by atoms with E-state index in [1.54, 1.807) is 0 Å². The highest BCUT2D eigenvalue weighted by Gasteiger charge is 2.24. The third kappa shape index (κ3) is 4.56. The second-order valence-electron chi connectivity index (χ2n) is 7.42. The SMILES string of the molecule is CC(C)(C)c1ccc(CN2CCNCC2c2cccnc2)cc1.Cl. The Morgan fingerprint density at radius 2 is 1.92 bits per heavy atom. The molecule has 1 aromatic carbocycles. The first-order valence-electron chi connectivity index (χ1n) is 8.48. The van der Waals surface area contributed by atoms with E-state index in [4.69, 9.17) is 0 Å². The van der Waals surface area contributed by atoms with Crippen LogP contribution >= 0.6 is 12.4 Å². The van der Waals surface area contributed by atoms with Crippen LogP contribution in [0.2, 0.25) is 0 Å². The number of nitrogens with one attached hydrogen (secondary N) is 1. The average Bonchev–Trinajstić information content (AvgIpc) is 2.56. The van der Waals surface area contributed by atoms with E-state index in [9.17, 15) is 0 Å². The molecule has 2 heterocycles. The Morgan fingerprint density at radius 1 is 1.17 bits per heavy atom. The van der Waals surface area contributed by atoms with Gasteiger partial charge in [0.2, 0.25) is 0 Å². The van der Waals surface area contributed by atoms with Gasteiger partial charge in [-0.1, -0.05) is 51.1 Å². The molecule has 1 aliphatic rings. The van der Waals surface area contributed by atoms with Crippen LogP contribution in [0.5, 0.6) is 0 Å². The highest BCUT2D eigenvalue weighted by molar-refractivity contribution is 5.85. The van der Waals surface area contributed by atoms with Crippen molar-refractivity contribution in [1.82, 2.24) is 15.2 Å². The molecular formula is C20H28ClN3. The first-order valence-corrected chi connectivity index (χ1v) is 8.48. The molecule has 0 bridgehead atoms. The van der Waals surface area contributed by atoms with Gasteiger partial charge < -0.3 is 5.32 Å². The van der Waals surface area contributed by atoms with Crippen LogP contribution < -0.4 is 5.32 Å². The summed E-state index contributed by atoms with van der Waals surface area (Å²) in [7, 11) is 0. The van der Waals surface area contributed by atoms with Gasteiger partial charge in [0.1, 0.15) is 0 Å². The van der Waals surface area contributed by atoms with Gasteiger partial charge in [-0.05, 0) is 28.2 Å². The third-order valence-electron chi connectivity index (χ3n) is 4.63. The lowest BCUT2D eigenvalue weighted by molar-refractivity contribution is 0.153. The molecule has 4 heteroatoms. The van der Waals surface area contributed by atoms with Crippen molar-refractivity contribution in [3.05, 3.63) is 65.5 Å². The molecule has 24 heavy (non-hydrogen) atoms. The smallest absolute Gasteiger partial charge is 0.0491 e. The van der Waals surface area contributed by atoms with Crippen LogP contribution in [0.25, 0.3) is 0 Å². The number of benzene rings is 1. The number of hydrogen-bond acceptors (Lipinski definition) is 3. The quantitative estimate of drug-likeness (QED) is 0.913. The summed E-state index contributed by atoms with van der Waals surface area (Å²) in [6, 6.07) is 13.7. The zero-order chi connectivity index (χ0) is 16.3. The van der Waals surface area contributed by atoms with E-state index in [0.717, 1.165) is 26.2 Å². The minimum absolute atomic E-state index is 0. The van der Waals surface area contributed by atoms with Gasteiger partial charge in [0.25, 0.3) is 0 Å². The van der Waals surface area contributed by atoms with Crippen LogP contribution in [-0.4, -0.2) is 29.5 Å². The van der Waals surface area contributed by atoms with Gasteiger partial charge in [0.05, 0.1) is 0 Å². The first-order chi connectivity index (χ1) is 11.0. The summed E-state index contributed by atoms with van der Waals surface area (Å²) in [6.07, 6.45) is 3.84. The van der Waals surface area contributed by atoms with Gasteiger partial charge in [-0.25, -0.2) is 0 Å². The largest absolute Gasteiger partial charge is 0.314 e. The Labute approximate surface area is 151 Å². The van der Waals surface area contributed by atoms with Crippen molar-refractivity contribution in [2.45, 2.75) is 38.8 Å². The maximum atomic E-state index is 4.29. The van der Waals surface area contributed by atoms with Gasteiger partial charge in [0.15, 0.2) is 0 Å². The molecule has 3 rings (SSSR count). The third-order valence-corrected chi connectivity index (χ3v) is 4.63.